The van der Waals surface area contributed by atoms with Gasteiger partial charge >= 0.3 is 12.1 Å². The fraction of sp³-hybridized carbons (Fsp3) is 0.597. The summed E-state index contributed by atoms with van der Waals surface area (Å²) in [4.78, 5) is 44.1. The summed E-state index contributed by atoms with van der Waals surface area (Å²) in [6.07, 6.45) is 21.8. The summed E-state index contributed by atoms with van der Waals surface area (Å²) in [5.74, 6) is -1.98. The number of aliphatic imine (C=N–C) groups is 1. The molecule has 1 amide bonds. The monoisotopic (exact) mass is 1280 g/mol. The standard InChI is InChI=1S/C72H102N2O18/c1-47-31-25-23-21-19-17-15-16-18-20-22-24-26-32-52(91-70-69(86-13)66(68(85-12)50(4)90-70)74-71(77)88-45-59-57-35-29-27-33-55(57)56-34-28-30-36-58(56)59)40-62-65(73-46-75)63(83-10)44-72(87-14,92-62)43-54(80-7)41-61(82-9)60(81-8)38-37-51(78-5)39-53(79-6)42-64(76)89-49(3)48(2)67(47)84-11/h15-36,47-54,59-63,65-70H,37-45H2,1-14H3,(H,74,77)/b16-15+,19-17+,20-18+,23-21+,24-22+,31-25+,32-26+/t47-,48-,49-,50+,51+,52-,53+,54-,60+,61+,62?,63-,65-,66-,67+,68+,69-,70-,72+/m0/s1. The number of methoxy groups -OCH3 is 10. The molecule has 2 bridgehead atoms. The molecular weight excluding hydrogens is 1180 g/mol. The van der Waals surface area contributed by atoms with Crippen molar-refractivity contribution in [3.63, 3.8) is 0 Å². The van der Waals surface area contributed by atoms with Crippen LogP contribution >= 0.6 is 0 Å². The number of ether oxygens (including phenoxy) is 15. The quantitative estimate of drug-likeness (QED) is 0.0940. The molecule has 20 heteroatoms. The van der Waals surface area contributed by atoms with Gasteiger partial charge in [-0.1, -0.05) is 147 Å². The Balaban J connectivity index is 1.30. The number of esters is 1. The predicted octanol–water partition coefficient (Wildman–Crippen LogP) is 10.8. The van der Waals surface area contributed by atoms with E-state index in [0.29, 0.717) is 25.7 Å². The predicted molar refractivity (Wildman–Crippen MR) is 350 cm³/mol. The van der Waals surface area contributed by atoms with Gasteiger partial charge in [0.05, 0.1) is 73.5 Å². The molecule has 4 aliphatic rings. The largest absolute Gasteiger partial charge is 0.462 e. The Morgan fingerprint density at radius 3 is 1.71 bits per heavy atom. The Hall–Kier alpha value is -5.78. The van der Waals surface area contributed by atoms with Crippen LogP contribution in [-0.4, -0.2) is 199 Å². The number of carbonyl (C=O) groups is 2. The second-order valence-corrected chi connectivity index (χ2v) is 23.9. The van der Waals surface area contributed by atoms with E-state index in [4.69, 9.17) is 71.1 Å². The number of fused-ring (bicyclic) bond motifs is 5. The SMILES string of the molecule is CO[C@@H]1CC[C@@H](OC)[C@H](OC)C[C@H](OC)C[C@]2(OC)C[C@H](OC)[C@@H](N=C=O)C(C[C@@H](O[C@@H]3O[C@H](C)[C@@H](OC)[C@H](NC(=O)OCC4c5ccccc5-c5ccccc54)[C@@H]3OC)/C=C/C=C/C=C/C=C/C=C/C=C/C=C/[C@H](C)[C@@H](OC)[C@@H](C)[C@H](C)OC(=O)C[C@H](OC)C1)O2. The van der Waals surface area contributed by atoms with Crippen LogP contribution in [0, 0.1) is 11.8 Å². The second kappa shape index (κ2) is 39.2. The molecule has 3 aliphatic heterocycles. The molecule has 1 unspecified atom stereocenters. The number of alkyl carbamates (subject to hydrolysis) is 1. The summed E-state index contributed by atoms with van der Waals surface area (Å²) in [7, 11) is 16.0. The molecule has 3 heterocycles. The minimum atomic E-state index is -1.35. The van der Waals surface area contributed by atoms with Crippen LogP contribution in [0.25, 0.3) is 11.1 Å². The van der Waals surface area contributed by atoms with E-state index in [9.17, 15) is 14.4 Å². The number of allylic oxidation sites excluding steroid dienone is 12. The molecule has 92 heavy (non-hydrogen) atoms. The van der Waals surface area contributed by atoms with Gasteiger partial charge in [0.1, 0.15) is 31.0 Å². The maximum absolute atomic E-state index is 14.0. The summed E-state index contributed by atoms with van der Waals surface area (Å²) >= 11 is 0. The topological polar surface area (TPSA) is 214 Å². The molecule has 19 atom stereocenters. The molecular formula is C72H102N2O18. The smallest absolute Gasteiger partial charge is 0.407 e. The highest BCUT2D eigenvalue weighted by atomic mass is 16.7. The Labute approximate surface area is 545 Å². The number of hydrogen-bond donors (Lipinski definition) is 1. The molecule has 2 aromatic carbocycles. The summed E-state index contributed by atoms with van der Waals surface area (Å²) in [6, 6.07) is 14.6. The first-order chi connectivity index (χ1) is 44.6. The Morgan fingerprint density at radius 1 is 0.598 bits per heavy atom. The van der Waals surface area contributed by atoms with Gasteiger partial charge in [-0.15, -0.1) is 0 Å². The first kappa shape index (κ1) is 75.3. The minimum absolute atomic E-state index is 0.0222. The summed E-state index contributed by atoms with van der Waals surface area (Å²) in [6.45, 7) is 7.93. The zero-order valence-corrected chi connectivity index (χ0v) is 56.3. The van der Waals surface area contributed by atoms with Crippen molar-refractivity contribution < 1.29 is 85.4 Å². The number of cyclic esters (lactones) is 1. The lowest BCUT2D eigenvalue weighted by Crippen LogP contribution is -2.65. The molecule has 6 rings (SSSR count). The highest BCUT2D eigenvalue weighted by Crippen LogP contribution is 2.45. The number of carbonyl (C=O) groups excluding carboxylic acids is 3. The zero-order chi connectivity index (χ0) is 66.6. The molecule has 1 N–H and O–H groups in total. The van der Waals surface area contributed by atoms with E-state index in [-0.39, 0.29) is 68.2 Å². The van der Waals surface area contributed by atoms with Gasteiger partial charge in [0.15, 0.2) is 12.1 Å². The first-order valence-electron chi connectivity index (χ1n) is 31.9. The number of amides is 1. The highest BCUT2D eigenvalue weighted by Gasteiger charge is 2.52. The van der Waals surface area contributed by atoms with E-state index in [1.807, 2.05) is 124 Å². The van der Waals surface area contributed by atoms with Crippen molar-refractivity contribution in [1.82, 2.24) is 5.32 Å². The van der Waals surface area contributed by atoms with Crippen molar-refractivity contribution >= 4 is 18.1 Å². The number of nitrogens with zero attached hydrogens (tertiary/aromatic N) is 1. The number of hydrogen-bond acceptors (Lipinski definition) is 19. The van der Waals surface area contributed by atoms with Gasteiger partial charge in [-0.05, 0) is 48.9 Å². The number of benzene rings is 2. The molecule has 2 fully saturated rings. The van der Waals surface area contributed by atoms with E-state index in [1.54, 1.807) is 70.1 Å². The van der Waals surface area contributed by atoms with E-state index in [0.717, 1.165) is 22.3 Å². The average molecular weight is 1280 g/mol. The summed E-state index contributed by atoms with van der Waals surface area (Å²) < 4.78 is 93.6. The lowest BCUT2D eigenvalue weighted by molar-refractivity contribution is -0.313. The van der Waals surface area contributed by atoms with Crippen LogP contribution in [0.15, 0.2) is 139 Å². The van der Waals surface area contributed by atoms with Crippen molar-refractivity contribution in [3.05, 3.63) is 145 Å². The van der Waals surface area contributed by atoms with Gasteiger partial charge in [-0.25, -0.2) is 9.59 Å². The van der Waals surface area contributed by atoms with Crippen molar-refractivity contribution in [3.8, 4) is 11.1 Å². The third kappa shape index (κ3) is 21.1. The van der Waals surface area contributed by atoms with Crippen LogP contribution < -0.4 is 5.32 Å². The molecule has 0 aromatic heterocycles. The molecule has 0 radical (unpaired) electrons. The number of nitrogens with one attached hydrogen (secondary N) is 1. The van der Waals surface area contributed by atoms with E-state index in [2.05, 4.69) is 47.6 Å². The lowest BCUT2D eigenvalue weighted by Gasteiger charge is -2.48. The summed E-state index contributed by atoms with van der Waals surface area (Å²) in [5.41, 5.74) is 4.39. The molecule has 20 nitrogen and oxygen atoms in total. The maximum atomic E-state index is 14.0. The third-order valence-corrected chi connectivity index (χ3v) is 18.3. The van der Waals surface area contributed by atoms with Crippen LogP contribution in [0.5, 0.6) is 0 Å². The number of isocyanates is 1. The van der Waals surface area contributed by atoms with Crippen molar-refractivity contribution in [2.75, 3.05) is 77.7 Å². The fourth-order valence-corrected chi connectivity index (χ4v) is 13.2. The van der Waals surface area contributed by atoms with E-state index >= 15 is 0 Å². The first-order valence-corrected chi connectivity index (χ1v) is 31.9. The second-order valence-electron chi connectivity index (χ2n) is 23.9. The molecule has 508 valence electrons. The molecule has 0 spiro atoms. The van der Waals surface area contributed by atoms with Crippen LogP contribution in [0.2, 0.25) is 0 Å². The molecule has 1 aliphatic carbocycles. The van der Waals surface area contributed by atoms with Gasteiger partial charge < -0.3 is 76.4 Å². The van der Waals surface area contributed by atoms with Gasteiger partial charge in [0, 0.05) is 121 Å². The van der Waals surface area contributed by atoms with Gasteiger partial charge in [0.25, 0.3) is 0 Å². The van der Waals surface area contributed by atoms with Gasteiger partial charge in [-0.2, -0.15) is 4.99 Å². The lowest BCUT2D eigenvalue weighted by atomic mass is 9.86. The Kier molecular flexibility index (Phi) is 32.0. The van der Waals surface area contributed by atoms with Crippen LogP contribution in [0.4, 0.5) is 4.79 Å². The van der Waals surface area contributed by atoms with Gasteiger partial charge in [0.2, 0.25) is 6.08 Å². The Bertz CT molecular complexity index is 2770. The van der Waals surface area contributed by atoms with Gasteiger partial charge in [-0.3, -0.25) is 4.79 Å². The minimum Gasteiger partial charge on any atom is -0.462 e. The van der Waals surface area contributed by atoms with Crippen molar-refractivity contribution in [1.29, 1.82) is 0 Å². The van der Waals surface area contributed by atoms with Crippen LogP contribution in [0.3, 0.4) is 0 Å². The van der Waals surface area contributed by atoms with Crippen molar-refractivity contribution in [2.24, 2.45) is 16.8 Å². The normalized spacial score (nSPS) is 35.9. The maximum Gasteiger partial charge on any atom is 0.407 e. The van der Waals surface area contributed by atoms with E-state index < -0.39 is 97.4 Å². The Morgan fingerprint density at radius 2 is 1.16 bits per heavy atom. The van der Waals surface area contributed by atoms with Crippen LogP contribution in [-0.2, 0) is 80.6 Å². The zero-order valence-electron chi connectivity index (χ0n) is 56.3. The fourth-order valence-electron chi connectivity index (χ4n) is 13.2. The summed E-state index contributed by atoms with van der Waals surface area (Å²) in [5, 5.41) is 3.06. The van der Waals surface area contributed by atoms with Crippen molar-refractivity contribution in [2.45, 2.75) is 188 Å². The molecule has 2 aromatic rings. The van der Waals surface area contributed by atoms with Crippen LogP contribution in [0.1, 0.15) is 96.1 Å². The third-order valence-electron chi connectivity index (χ3n) is 18.3. The molecule has 2 saturated heterocycles. The number of rotatable bonds is 16. The molecule has 0 saturated carbocycles. The average Bonchev–Trinajstić information content (AvgIpc) is 1.47. The highest BCUT2D eigenvalue weighted by molar-refractivity contribution is 5.79. The van der Waals surface area contributed by atoms with E-state index in [1.165, 1.54) is 7.11 Å².